The second-order valence-corrected chi connectivity index (χ2v) is 28.2. The molecule has 5 unspecified atom stereocenters. The van der Waals surface area contributed by atoms with E-state index in [2.05, 4.69) is 30.9 Å². The van der Waals surface area contributed by atoms with Crippen molar-refractivity contribution >= 4 is 111 Å². The third-order valence-electron chi connectivity index (χ3n) is 17.3. The lowest BCUT2D eigenvalue weighted by molar-refractivity contribution is -0.181. The van der Waals surface area contributed by atoms with E-state index >= 15 is 0 Å². The molecule has 27 nitrogen and oxygen atoms in total. The number of benzene rings is 3. The maximum absolute atomic E-state index is 14.9. The summed E-state index contributed by atoms with van der Waals surface area (Å²) in [5.41, 5.74) is 2.06. The van der Waals surface area contributed by atoms with Crippen LogP contribution in [0.3, 0.4) is 0 Å². The summed E-state index contributed by atoms with van der Waals surface area (Å²) in [5, 5.41) is 43.6. The topological polar surface area (TPSA) is 340 Å². The van der Waals surface area contributed by atoms with Crippen LogP contribution in [0.1, 0.15) is 71.0 Å². The molecule has 6 N–H and O–H groups in total. The Balaban J connectivity index is 0.000000174. The first kappa shape index (κ1) is 82.0. The van der Waals surface area contributed by atoms with E-state index in [-0.39, 0.29) is 59.5 Å². The molecule has 6 atom stereocenters. The number of carboxylic acid groups (broad SMARTS) is 3. The second-order valence-electron chi connectivity index (χ2n) is 24.7. The number of ether oxygens (including phenoxy) is 6. The SMILES string of the molecule is CCOC(=O)C1=C(CN2CCC(OCC(=O)O)C(F)(F)C2)NC(c2nccs2)=N[C@]1(C)c1ccc(F)cc1.CCOC(=O)C1=C(CN2CCOC(/C=C/C(=O)O)C2)NC(c2nccs2)=NC1c1ccc(F)cc1Cl.COC(=O)C1=C(CN2CCOC(/C=C/C(=O)O)C2)NC(c2nccs2)=NC1c1ccc(F)cc1Cl. The number of halogens is 7. The molecule has 578 valence electrons. The molecule has 37 heteroatoms. The fraction of sp³-hybridized carbons (Fsp3) is 0.361. The van der Waals surface area contributed by atoms with Crippen LogP contribution in [0.5, 0.6) is 0 Å². The van der Waals surface area contributed by atoms with Gasteiger partial charge in [0.25, 0.3) is 5.92 Å². The van der Waals surface area contributed by atoms with Crippen molar-refractivity contribution in [2.75, 3.05) is 99.0 Å². The lowest BCUT2D eigenvalue weighted by atomic mass is 9.82. The van der Waals surface area contributed by atoms with Crippen LogP contribution in [0.4, 0.5) is 22.0 Å². The van der Waals surface area contributed by atoms with Crippen molar-refractivity contribution in [1.29, 1.82) is 0 Å². The number of amidine groups is 3. The van der Waals surface area contributed by atoms with Crippen LogP contribution in [0.15, 0.2) is 168 Å². The first-order chi connectivity index (χ1) is 52.2. The number of hydrogen-bond acceptors (Lipinski definition) is 27. The minimum atomic E-state index is -3.32. The molecule has 12 rings (SSSR count). The Bertz CT molecular complexity index is 4550. The number of nitrogens with zero attached hydrogens (tertiary/aromatic N) is 9. The lowest BCUT2D eigenvalue weighted by Gasteiger charge is -2.40. The zero-order chi connectivity index (χ0) is 78.1. The van der Waals surface area contributed by atoms with Gasteiger partial charge in [-0.05, 0) is 81.3 Å². The number of hydrogen-bond donors (Lipinski definition) is 6. The van der Waals surface area contributed by atoms with E-state index in [0.717, 1.165) is 12.2 Å². The Morgan fingerprint density at radius 2 is 1.08 bits per heavy atom. The van der Waals surface area contributed by atoms with E-state index in [1.54, 1.807) is 50.1 Å². The maximum atomic E-state index is 14.9. The van der Waals surface area contributed by atoms with E-state index in [4.69, 9.17) is 81.9 Å². The van der Waals surface area contributed by atoms with Crippen molar-refractivity contribution in [1.82, 2.24) is 45.6 Å². The van der Waals surface area contributed by atoms with Crippen molar-refractivity contribution in [2.45, 2.75) is 69.0 Å². The molecule has 9 heterocycles. The van der Waals surface area contributed by atoms with Gasteiger partial charge in [-0.3, -0.25) is 24.7 Å². The van der Waals surface area contributed by atoms with Crippen LogP contribution in [0, 0.1) is 17.5 Å². The number of aliphatic carboxylic acids is 3. The molecule has 0 saturated carbocycles. The number of alkyl halides is 2. The monoisotopic (exact) mass is 1610 g/mol. The summed E-state index contributed by atoms with van der Waals surface area (Å²) in [6.45, 7) is 7.13. The third-order valence-corrected chi connectivity index (χ3v) is 20.3. The second kappa shape index (κ2) is 37.7. The number of rotatable bonds is 24. The van der Waals surface area contributed by atoms with Gasteiger partial charge < -0.3 is 59.7 Å². The zero-order valence-electron chi connectivity index (χ0n) is 58.7. The van der Waals surface area contributed by atoms with Gasteiger partial charge in [-0.25, -0.2) is 70.7 Å². The number of methoxy groups -OCH3 is 1. The van der Waals surface area contributed by atoms with Gasteiger partial charge in [-0.2, -0.15) is 0 Å². The molecule has 6 aromatic rings. The zero-order valence-corrected chi connectivity index (χ0v) is 62.6. The van der Waals surface area contributed by atoms with Crippen molar-refractivity contribution in [3.8, 4) is 0 Å². The first-order valence-corrected chi connectivity index (χ1v) is 37.1. The molecular weight excluding hydrogens is 1530 g/mol. The summed E-state index contributed by atoms with van der Waals surface area (Å²) in [6, 6.07) is 11.7. The van der Waals surface area contributed by atoms with Gasteiger partial charge in [-0.15, -0.1) is 34.0 Å². The number of morpholine rings is 2. The molecule has 6 aliphatic heterocycles. The summed E-state index contributed by atoms with van der Waals surface area (Å²) in [6.07, 6.45) is 7.48. The molecule has 109 heavy (non-hydrogen) atoms. The number of thiazole rings is 3. The number of aliphatic imine (C=N–C) groups is 3. The number of likely N-dealkylation sites (tertiary alicyclic amines) is 1. The molecule has 0 amide bonds. The standard InChI is InChI=1S/C25H27F3N4O5S.C24H24ClFN4O5S.C23H22ClFN4O5S/c1-3-36-23(35)20-17(12-32-10-8-18(25(27,28)14-32)37-13-19(33)34)30-21(22-29-9-11-38-22)31-24(20,2)15-4-6-16(26)7-5-15;1-2-34-24(33)20-18(13-30-8-9-35-15(12-30)4-6-19(31)32)28-22(23-27-7-10-36-23)29-21(20)16-5-3-14(26)11-17(16)25;1-33-23(32)19-17(12-29-7-8-34-14(11-29)3-5-18(30)31)27-21(22-26-6-9-35-22)28-20(19)15-4-2-13(25)10-16(15)24/h4-7,9,11,18H,3,8,10,12-14H2,1-2H3,(H,30,31)(H,33,34);3-7,10-11,15,21H,2,8-9,12-13H2,1H3,(H,28,29)(H,31,32);2-6,9-10,14,20H,7-8,11-12H2,1H3,(H,27,28)(H,30,31)/b;6-4+;5-3+/t18?,24-;;/m1../s1. The highest BCUT2D eigenvalue weighted by molar-refractivity contribution is 7.12. The molecule has 6 aliphatic rings. The van der Waals surface area contributed by atoms with Gasteiger partial charge in [0.15, 0.2) is 32.5 Å². The molecule has 0 radical (unpaired) electrons. The molecule has 3 fully saturated rings. The van der Waals surface area contributed by atoms with E-state index in [0.29, 0.717) is 119 Å². The van der Waals surface area contributed by atoms with Crippen LogP contribution in [-0.4, -0.2) is 222 Å². The summed E-state index contributed by atoms with van der Waals surface area (Å²) in [5.74, 6) is -8.85. The van der Waals surface area contributed by atoms with Crippen LogP contribution in [0.2, 0.25) is 10.0 Å². The highest BCUT2D eigenvalue weighted by atomic mass is 35.5. The van der Waals surface area contributed by atoms with Gasteiger partial charge in [0.1, 0.15) is 47.8 Å². The van der Waals surface area contributed by atoms with E-state index in [1.807, 2.05) is 15.2 Å². The largest absolute Gasteiger partial charge is 0.480 e. The minimum absolute atomic E-state index is 0.0720. The lowest BCUT2D eigenvalue weighted by Crippen LogP contribution is -2.54. The van der Waals surface area contributed by atoms with Crippen LogP contribution in [0.25, 0.3) is 0 Å². The summed E-state index contributed by atoms with van der Waals surface area (Å²) >= 11 is 16.8. The molecular formula is C72H73Cl2F5N12O15S3. The van der Waals surface area contributed by atoms with Gasteiger partial charge >= 0.3 is 35.8 Å². The number of esters is 3. The molecule has 0 spiro atoms. The molecule has 0 bridgehead atoms. The molecule has 3 aromatic carbocycles. The Morgan fingerprint density at radius 3 is 1.52 bits per heavy atom. The summed E-state index contributed by atoms with van der Waals surface area (Å²) in [7, 11) is 1.28. The molecule has 0 aliphatic carbocycles. The maximum Gasteiger partial charge on any atom is 0.338 e. The van der Waals surface area contributed by atoms with Crippen LogP contribution >= 0.6 is 57.2 Å². The van der Waals surface area contributed by atoms with E-state index in [1.165, 1.54) is 119 Å². The Morgan fingerprint density at radius 1 is 0.624 bits per heavy atom. The number of carbonyl (C=O) groups is 6. The van der Waals surface area contributed by atoms with Crippen molar-refractivity contribution in [3.63, 3.8) is 0 Å². The number of carboxylic acids is 3. The Labute approximate surface area is 642 Å². The fourth-order valence-electron chi connectivity index (χ4n) is 12.4. The van der Waals surface area contributed by atoms with Gasteiger partial charge in [0, 0.05) is 138 Å². The van der Waals surface area contributed by atoms with Crippen molar-refractivity contribution in [3.05, 3.63) is 213 Å². The highest BCUT2D eigenvalue weighted by Crippen LogP contribution is 2.42. The summed E-state index contributed by atoms with van der Waals surface area (Å²) in [4.78, 5) is 105. The Kier molecular flexibility index (Phi) is 28.4. The number of aromatic nitrogens is 3. The number of piperidine rings is 1. The van der Waals surface area contributed by atoms with Gasteiger partial charge in [-0.1, -0.05) is 47.5 Å². The van der Waals surface area contributed by atoms with E-state index < -0.39 is 108 Å². The normalized spacial score (nSPS) is 21.8. The first-order valence-electron chi connectivity index (χ1n) is 33.7. The van der Waals surface area contributed by atoms with E-state index in [9.17, 15) is 50.7 Å². The predicted molar refractivity (Wildman–Crippen MR) is 393 cm³/mol. The minimum Gasteiger partial charge on any atom is -0.480 e. The van der Waals surface area contributed by atoms with Gasteiger partial charge in [0.2, 0.25) is 0 Å². The average molecular weight is 1610 g/mol. The van der Waals surface area contributed by atoms with Crippen LogP contribution in [-0.2, 0) is 62.7 Å². The average Bonchev–Trinajstić information content (AvgIpc) is 1.68. The molecule has 3 aromatic heterocycles. The summed E-state index contributed by atoms with van der Waals surface area (Å²) < 4.78 is 103. The quantitative estimate of drug-likeness (QED) is 0.0142. The van der Waals surface area contributed by atoms with Gasteiger partial charge in [0.05, 0.1) is 69.0 Å². The number of carbonyl (C=O) groups excluding carboxylic acids is 3. The van der Waals surface area contributed by atoms with Crippen molar-refractivity contribution < 1.29 is 94.5 Å². The van der Waals surface area contributed by atoms with Crippen LogP contribution < -0.4 is 16.0 Å². The Hall–Kier alpha value is -9.53. The fourth-order valence-corrected chi connectivity index (χ4v) is 14.7. The number of nitrogens with one attached hydrogen (secondary N) is 3. The smallest absolute Gasteiger partial charge is 0.338 e. The predicted octanol–water partition coefficient (Wildman–Crippen LogP) is 9.16. The van der Waals surface area contributed by atoms with Crippen molar-refractivity contribution in [2.24, 2.45) is 15.0 Å². The highest BCUT2D eigenvalue weighted by Gasteiger charge is 2.48. The third kappa shape index (κ3) is 21.3. The molecule has 3 saturated heterocycles.